The van der Waals surface area contributed by atoms with Gasteiger partial charge < -0.3 is 20.1 Å². The van der Waals surface area contributed by atoms with Gasteiger partial charge in [-0.05, 0) is 19.3 Å². The summed E-state index contributed by atoms with van der Waals surface area (Å²) in [6.07, 6.45) is 1.87. The van der Waals surface area contributed by atoms with Gasteiger partial charge in [0, 0.05) is 20.2 Å². The smallest absolute Gasteiger partial charge is 0.317 e. The molecule has 1 fully saturated rings. The molecule has 1 saturated heterocycles. The number of carboxylic acids is 1. The highest BCUT2D eigenvalue weighted by molar-refractivity contribution is 5.75. The minimum atomic E-state index is -0.763. The number of nitrogens with zero attached hydrogens (tertiary/aromatic N) is 1. The predicted octanol–water partition coefficient (Wildman–Crippen LogP) is 0.918. The number of piperidine rings is 1. The van der Waals surface area contributed by atoms with E-state index in [4.69, 9.17) is 9.84 Å². The zero-order chi connectivity index (χ0) is 13.5. The number of hydrogen-bond donors (Lipinski definition) is 2. The molecule has 1 aliphatic rings. The Morgan fingerprint density at radius 1 is 1.44 bits per heavy atom. The summed E-state index contributed by atoms with van der Waals surface area (Å²) in [5.41, 5.74) is 0. The summed E-state index contributed by atoms with van der Waals surface area (Å²) in [6.45, 7) is 3.49. The fourth-order valence-corrected chi connectivity index (χ4v) is 2.06. The zero-order valence-corrected chi connectivity index (χ0v) is 11.0. The van der Waals surface area contributed by atoms with Gasteiger partial charge in [0.05, 0.1) is 18.6 Å². The van der Waals surface area contributed by atoms with Crippen molar-refractivity contribution < 1.29 is 19.4 Å². The second kappa shape index (κ2) is 7.20. The van der Waals surface area contributed by atoms with Crippen LogP contribution in [0.5, 0.6) is 0 Å². The van der Waals surface area contributed by atoms with Gasteiger partial charge in [-0.15, -0.1) is 0 Å². The molecule has 1 atom stereocenters. The average Bonchev–Trinajstić information content (AvgIpc) is 2.38. The Morgan fingerprint density at radius 2 is 2.06 bits per heavy atom. The quantitative estimate of drug-likeness (QED) is 0.768. The van der Waals surface area contributed by atoms with E-state index in [1.165, 1.54) is 0 Å². The zero-order valence-electron chi connectivity index (χ0n) is 11.0. The number of likely N-dealkylation sites (tertiary alicyclic amines) is 1. The van der Waals surface area contributed by atoms with E-state index in [1.54, 1.807) is 12.0 Å². The third-order valence-electron chi connectivity index (χ3n) is 3.32. The highest BCUT2D eigenvalue weighted by Gasteiger charge is 2.27. The van der Waals surface area contributed by atoms with Crippen LogP contribution in [0.25, 0.3) is 0 Å². The van der Waals surface area contributed by atoms with Gasteiger partial charge in [0.15, 0.2) is 0 Å². The summed E-state index contributed by atoms with van der Waals surface area (Å²) in [5, 5.41) is 11.8. The number of urea groups is 1. The monoisotopic (exact) mass is 258 g/mol. The molecular weight excluding hydrogens is 236 g/mol. The number of carbonyl (C=O) groups excluding carboxylic acids is 1. The number of carboxylic acid groups (broad SMARTS) is 1. The minimum absolute atomic E-state index is 0.0136. The van der Waals surface area contributed by atoms with E-state index in [-0.39, 0.29) is 18.0 Å². The first kappa shape index (κ1) is 14.8. The van der Waals surface area contributed by atoms with E-state index in [9.17, 15) is 9.59 Å². The van der Waals surface area contributed by atoms with Gasteiger partial charge in [0.1, 0.15) is 0 Å². The SMILES string of the molecule is CCC(COC)NC(=O)N1CCC(C(=O)O)CC1. The Hall–Kier alpha value is -1.30. The molecular formula is C12H22N2O4. The molecule has 0 spiro atoms. The summed E-state index contributed by atoms with van der Waals surface area (Å²) >= 11 is 0. The molecule has 0 aromatic carbocycles. The molecule has 18 heavy (non-hydrogen) atoms. The molecule has 0 saturated carbocycles. The minimum Gasteiger partial charge on any atom is -0.481 e. The van der Waals surface area contributed by atoms with Crippen LogP contribution in [0.1, 0.15) is 26.2 Å². The second-order valence-corrected chi connectivity index (χ2v) is 4.61. The molecule has 6 nitrogen and oxygen atoms in total. The van der Waals surface area contributed by atoms with Crippen LogP contribution in [0.4, 0.5) is 4.79 Å². The van der Waals surface area contributed by atoms with Crippen LogP contribution in [0.3, 0.4) is 0 Å². The van der Waals surface area contributed by atoms with Crippen molar-refractivity contribution in [1.29, 1.82) is 0 Å². The van der Waals surface area contributed by atoms with Crippen LogP contribution < -0.4 is 5.32 Å². The Labute approximate surface area is 107 Å². The molecule has 1 rings (SSSR count). The molecule has 0 bridgehead atoms. The van der Waals surface area contributed by atoms with Gasteiger partial charge in [-0.25, -0.2) is 4.79 Å². The van der Waals surface area contributed by atoms with Crippen LogP contribution in [0.15, 0.2) is 0 Å². The van der Waals surface area contributed by atoms with E-state index in [1.807, 2.05) is 6.92 Å². The third-order valence-corrected chi connectivity index (χ3v) is 3.32. The number of amides is 2. The number of aliphatic carboxylic acids is 1. The van der Waals surface area contributed by atoms with Gasteiger partial charge in [0.2, 0.25) is 0 Å². The summed E-state index contributed by atoms with van der Waals surface area (Å²) in [5.74, 6) is -1.07. The Balaban J connectivity index is 2.37. The summed E-state index contributed by atoms with van der Waals surface area (Å²) in [6, 6.07) is -0.109. The summed E-state index contributed by atoms with van der Waals surface area (Å²) in [7, 11) is 1.60. The van der Waals surface area contributed by atoms with Gasteiger partial charge in [0.25, 0.3) is 0 Å². The maximum Gasteiger partial charge on any atom is 0.317 e. The average molecular weight is 258 g/mol. The van der Waals surface area contributed by atoms with Crippen molar-refractivity contribution in [2.75, 3.05) is 26.8 Å². The standard InChI is InChI=1S/C12H22N2O4/c1-3-10(8-18-2)13-12(17)14-6-4-9(5-7-14)11(15)16/h9-10H,3-8H2,1-2H3,(H,13,17)(H,15,16). The van der Waals surface area contributed by atoms with Gasteiger partial charge in [-0.3, -0.25) is 4.79 Å². The molecule has 1 aliphatic heterocycles. The van der Waals surface area contributed by atoms with Crippen molar-refractivity contribution in [3.63, 3.8) is 0 Å². The lowest BCUT2D eigenvalue weighted by Gasteiger charge is -2.31. The first-order valence-corrected chi connectivity index (χ1v) is 6.35. The first-order valence-electron chi connectivity index (χ1n) is 6.35. The summed E-state index contributed by atoms with van der Waals surface area (Å²) in [4.78, 5) is 24.4. The van der Waals surface area contributed by atoms with Crippen LogP contribution in [-0.4, -0.2) is 54.9 Å². The van der Waals surface area contributed by atoms with Crippen molar-refractivity contribution in [2.24, 2.45) is 5.92 Å². The number of carbonyl (C=O) groups is 2. The largest absolute Gasteiger partial charge is 0.481 e. The molecule has 0 aromatic rings. The van der Waals surface area contributed by atoms with E-state index >= 15 is 0 Å². The van der Waals surface area contributed by atoms with Crippen molar-refractivity contribution >= 4 is 12.0 Å². The van der Waals surface area contributed by atoms with Crippen LogP contribution >= 0.6 is 0 Å². The molecule has 104 valence electrons. The molecule has 6 heteroatoms. The Bertz CT molecular complexity index is 288. The molecule has 0 radical (unpaired) electrons. The predicted molar refractivity (Wildman–Crippen MR) is 66.4 cm³/mol. The van der Waals surface area contributed by atoms with Gasteiger partial charge >= 0.3 is 12.0 Å². The van der Waals surface area contributed by atoms with Crippen LogP contribution in [0, 0.1) is 5.92 Å². The Morgan fingerprint density at radius 3 is 2.50 bits per heavy atom. The molecule has 1 heterocycles. The van der Waals surface area contributed by atoms with E-state index in [0.29, 0.717) is 32.5 Å². The molecule has 0 aliphatic carbocycles. The third kappa shape index (κ3) is 4.18. The first-order chi connectivity index (χ1) is 8.58. The molecule has 2 N–H and O–H groups in total. The number of ether oxygens (including phenoxy) is 1. The molecule has 2 amide bonds. The lowest BCUT2D eigenvalue weighted by Crippen LogP contribution is -2.49. The number of methoxy groups -OCH3 is 1. The number of nitrogens with one attached hydrogen (secondary N) is 1. The molecule has 1 unspecified atom stereocenters. The maximum absolute atomic E-state index is 11.9. The highest BCUT2D eigenvalue weighted by atomic mass is 16.5. The number of rotatable bonds is 5. The van der Waals surface area contributed by atoms with Crippen molar-refractivity contribution in [3.05, 3.63) is 0 Å². The lowest BCUT2D eigenvalue weighted by molar-refractivity contribution is -0.143. The second-order valence-electron chi connectivity index (χ2n) is 4.61. The van der Waals surface area contributed by atoms with Crippen molar-refractivity contribution in [3.8, 4) is 0 Å². The maximum atomic E-state index is 11.9. The Kier molecular flexibility index (Phi) is 5.91. The van der Waals surface area contributed by atoms with E-state index in [0.717, 1.165) is 6.42 Å². The summed E-state index contributed by atoms with van der Waals surface area (Å²) < 4.78 is 5.02. The van der Waals surface area contributed by atoms with Crippen LogP contribution in [-0.2, 0) is 9.53 Å². The van der Waals surface area contributed by atoms with E-state index < -0.39 is 5.97 Å². The van der Waals surface area contributed by atoms with E-state index in [2.05, 4.69) is 5.32 Å². The number of hydrogen-bond acceptors (Lipinski definition) is 3. The fourth-order valence-electron chi connectivity index (χ4n) is 2.06. The highest BCUT2D eigenvalue weighted by Crippen LogP contribution is 2.17. The van der Waals surface area contributed by atoms with Gasteiger partial charge in [-0.1, -0.05) is 6.92 Å². The lowest BCUT2D eigenvalue weighted by atomic mass is 9.97. The van der Waals surface area contributed by atoms with Crippen molar-refractivity contribution in [2.45, 2.75) is 32.2 Å². The molecule has 0 aromatic heterocycles. The van der Waals surface area contributed by atoms with Gasteiger partial charge in [-0.2, -0.15) is 0 Å². The van der Waals surface area contributed by atoms with Crippen LogP contribution in [0.2, 0.25) is 0 Å². The topological polar surface area (TPSA) is 78.9 Å². The normalized spacial score (nSPS) is 18.4. The fraction of sp³-hybridized carbons (Fsp3) is 0.833. The van der Waals surface area contributed by atoms with Crippen molar-refractivity contribution in [1.82, 2.24) is 10.2 Å².